The highest BCUT2D eigenvalue weighted by atomic mass is 32.2. The number of rotatable bonds is 6. The van der Waals surface area contributed by atoms with Crippen molar-refractivity contribution in [3.63, 3.8) is 0 Å². The van der Waals surface area contributed by atoms with E-state index in [0.717, 1.165) is 23.1 Å². The van der Waals surface area contributed by atoms with Crippen LogP contribution >= 0.6 is 0 Å². The summed E-state index contributed by atoms with van der Waals surface area (Å²) in [5.41, 5.74) is 3.88. The molecule has 3 heterocycles. The highest BCUT2D eigenvalue weighted by Crippen LogP contribution is 2.41. The van der Waals surface area contributed by atoms with Gasteiger partial charge in [-0.2, -0.15) is 5.10 Å². The normalized spacial score (nSPS) is 13.1. The lowest BCUT2D eigenvalue weighted by molar-refractivity contribution is 0.360. The van der Waals surface area contributed by atoms with Crippen LogP contribution in [0.25, 0.3) is 22.1 Å². The van der Waals surface area contributed by atoms with Crippen LogP contribution in [-0.4, -0.2) is 30.0 Å². The van der Waals surface area contributed by atoms with Crippen LogP contribution in [0.15, 0.2) is 88.5 Å². The molecule has 34 heavy (non-hydrogen) atoms. The van der Waals surface area contributed by atoms with E-state index < -0.39 is 10.0 Å². The smallest absolute Gasteiger partial charge is 0.263 e. The molecule has 0 saturated carbocycles. The number of ether oxygens (including phenoxy) is 1. The second-order valence-corrected chi connectivity index (χ2v) is 9.67. The van der Waals surface area contributed by atoms with Crippen LogP contribution in [0, 0.1) is 0 Å². The number of hydrogen-bond donors (Lipinski definition) is 1. The van der Waals surface area contributed by atoms with Crippen LogP contribution < -0.4 is 9.46 Å². The minimum atomic E-state index is -3.96. The summed E-state index contributed by atoms with van der Waals surface area (Å²) >= 11 is 0. The van der Waals surface area contributed by atoms with Crippen LogP contribution in [0.1, 0.15) is 11.1 Å². The molecule has 2 aromatic heterocycles. The predicted molar refractivity (Wildman–Crippen MR) is 127 cm³/mol. The van der Waals surface area contributed by atoms with Crippen LogP contribution in [0.3, 0.4) is 0 Å². The first-order chi connectivity index (χ1) is 16.6. The molecule has 9 heteroatoms. The standard InChI is InChI=1S/C25H20N4O4S/c30-34(31,22-10-5-4-9-19(22)17-7-2-1-3-8-17)28-25-23-21(33-27-25)15-18(16-29-13-6-12-26-29)20-11-14-32-24(20)23/h1-10,12-13,15H,11,14,16H2,(H,27,28). The van der Waals surface area contributed by atoms with Crippen molar-refractivity contribution in [1.29, 1.82) is 0 Å². The Hall–Kier alpha value is -4.11. The molecule has 0 amide bonds. The number of hydrogen-bond acceptors (Lipinski definition) is 6. The lowest BCUT2D eigenvalue weighted by Gasteiger charge is -2.12. The summed E-state index contributed by atoms with van der Waals surface area (Å²) in [5, 5.41) is 8.86. The Bertz CT molecular complexity index is 1590. The Kier molecular flexibility index (Phi) is 4.84. The minimum Gasteiger partial charge on any atom is -0.492 e. The molecule has 1 aliphatic heterocycles. The molecule has 1 N–H and O–H groups in total. The SMILES string of the molecule is O=S(=O)(Nc1noc2cc(Cn3cccn3)c3c(c12)OCC3)c1ccccc1-c1ccccc1. The van der Waals surface area contributed by atoms with Gasteiger partial charge < -0.3 is 9.26 Å². The zero-order valence-corrected chi connectivity index (χ0v) is 18.8. The van der Waals surface area contributed by atoms with E-state index in [4.69, 9.17) is 9.26 Å². The van der Waals surface area contributed by atoms with Crippen LogP contribution in [0.5, 0.6) is 5.75 Å². The van der Waals surface area contributed by atoms with Crippen molar-refractivity contribution in [3.8, 4) is 16.9 Å². The van der Waals surface area contributed by atoms with Crippen molar-refractivity contribution in [2.45, 2.75) is 17.9 Å². The first-order valence-corrected chi connectivity index (χ1v) is 12.3. The van der Waals surface area contributed by atoms with Gasteiger partial charge in [0.25, 0.3) is 10.0 Å². The molecule has 3 aromatic carbocycles. The van der Waals surface area contributed by atoms with Gasteiger partial charge in [-0.1, -0.05) is 53.7 Å². The molecule has 0 spiro atoms. The molecule has 0 aliphatic carbocycles. The molecule has 1 aliphatic rings. The summed E-state index contributed by atoms with van der Waals surface area (Å²) in [4.78, 5) is 0.158. The number of fused-ring (bicyclic) bond motifs is 3. The van der Waals surface area contributed by atoms with E-state index in [1.807, 2.05) is 59.4 Å². The fourth-order valence-electron chi connectivity index (χ4n) is 4.37. The number of nitrogens with one attached hydrogen (secondary N) is 1. The lowest BCUT2D eigenvalue weighted by Crippen LogP contribution is -2.14. The number of aromatic nitrogens is 3. The molecule has 5 aromatic rings. The highest BCUT2D eigenvalue weighted by Gasteiger charge is 2.28. The van der Waals surface area contributed by atoms with Crippen molar-refractivity contribution >= 4 is 26.8 Å². The summed E-state index contributed by atoms with van der Waals surface area (Å²) in [6, 6.07) is 20.0. The number of benzene rings is 3. The Morgan fingerprint density at radius 3 is 2.68 bits per heavy atom. The summed E-state index contributed by atoms with van der Waals surface area (Å²) in [7, 11) is -3.96. The van der Waals surface area contributed by atoms with Crippen molar-refractivity contribution in [3.05, 3.63) is 90.3 Å². The zero-order valence-electron chi connectivity index (χ0n) is 18.0. The fraction of sp³-hybridized carbons (Fsp3) is 0.120. The summed E-state index contributed by atoms with van der Waals surface area (Å²) < 4.78 is 42.9. The second-order valence-electron chi connectivity index (χ2n) is 8.02. The third-order valence-corrected chi connectivity index (χ3v) is 7.29. The number of sulfonamides is 1. The highest BCUT2D eigenvalue weighted by molar-refractivity contribution is 7.92. The fourth-order valence-corrected chi connectivity index (χ4v) is 5.61. The van der Waals surface area contributed by atoms with Crippen LogP contribution in [0.4, 0.5) is 5.82 Å². The topological polar surface area (TPSA) is 99.2 Å². The van der Waals surface area contributed by atoms with Gasteiger partial charge >= 0.3 is 0 Å². The monoisotopic (exact) mass is 472 g/mol. The van der Waals surface area contributed by atoms with Gasteiger partial charge in [-0.25, -0.2) is 8.42 Å². The van der Waals surface area contributed by atoms with Gasteiger partial charge in [0.15, 0.2) is 11.4 Å². The molecule has 0 atom stereocenters. The Morgan fingerprint density at radius 1 is 1.03 bits per heavy atom. The van der Waals surface area contributed by atoms with Gasteiger partial charge in [0.05, 0.1) is 18.0 Å². The molecule has 6 rings (SSSR count). The predicted octanol–water partition coefficient (Wildman–Crippen LogP) is 4.48. The molecule has 8 nitrogen and oxygen atoms in total. The Balaban J connectivity index is 1.42. The van der Waals surface area contributed by atoms with Crippen molar-refractivity contribution in [2.24, 2.45) is 0 Å². The zero-order chi connectivity index (χ0) is 23.1. The minimum absolute atomic E-state index is 0.113. The number of anilines is 1. The molecular weight excluding hydrogens is 452 g/mol. The van der Waals surface area contributed by atoms with E-state index >= 15 is 0 Å². The van der Waals surface area contributed by atoms with E-state index in [2.05, 4.69) is 15.0 Å². The van der Waals surface area contributed by atoms with Crippen LogP contribution in [-0.2, 0) is 23.0 Å². The largest absolute Gasteiger partial charge is 0.492 e. The van der Waals surface area contributed by atoms with E-state index in [1.165, 1.54) is 0 Å². The van der Waals surface area contributed by atoms with Gasteiger partial charge in [-0.05, 0) is 29.3 Å². The van der Waals surface area contributed by atoms with E-state index in [9.17, 15) is 8.42 Å². The summed E-state index contributed by atoms with van der Waals surface area (Å²) in [6.07, 6.45) is 4.33. The first kappa shape index (κ1) is 20.5. The van der Waals surface area contributed by atoms with Gasteiger partial charge in [0.1, 0.15) is 11.1 Å². The third kappa shape index (κ3) is 3.50. The van der Waals surface area contributed by atoms with Crippen molar-refractivity contribution in [2.75, 3.05) is 11.3 Å². The van der Waals surface area contributed by atoms with Crippen LogP contribution in [0.2, 0.25) is 0 Å². The average molecular weight is 473 g/mol. The van der Waals surface area contributed by atoms with Gasteiger partial charge in [0.2, 0.25) is 0 Å². The average Bonchev–Trinajstić information content (AvgIpc) is 3.61. The van der Waals surface area contributed by atoms with Crippen molar-refractivity contribution < 1.29 is 17.7 Å². The molecule has 0 radical (unpaired) electrons. The maximum absolute atomic E-state index is 13.5. The van der Waals surface area contributed by atoms with Crippen molar-refractivity contribution in [1.82, 2.24) is 14.9 Å². The quantitative estimate of drug-likeness (QED) is 0.391. The first-order valence-electron chi connectivity index (χ1n) is 10.8. The maximum Gasteiger partial charge on any atom is 0.263 e. The van der Waals surface area contributed by atoms with E-state index in [1.54, 1.807) is 24.4 Å². The maximum atomic E-state index is 13.5. The summed E-state index contributed by atoms with van der Waals surface area (Å²) in [6.45, 7) is 1.07. The Morgan fingerprint density at radius 2 is 1.85 bits per heavy atom. The van der Waals surface area contributed by atoms with Gasteiger partial charge in [-0.15, -0.1) is 0 Å². The van der Waals surface area contributed by atoms with E-state index in [0.29, 0.717) is 35.4 Å². The number of nitrogens with zero attached hydrogens (tertiary/aromatic N) is 3. The molecule has 0 bridgehead atoms. The van der Waals surface area contributed by atoms with Gasteiger partial charge in [-0.3, -0.25) is 9.40 Å². The molecular formula is C25H20N4O4S. The summed E-state index contributed by atoms with van der Waals surface area (Å²) in [5.74, 6) is 0.719. The molecule has 0 unspecified atom stereocenters. The third-order valence-electron chi connectivity index (χ3n) is 5.89. The molecule has 170 valence electrons. The van der Waals surface area contributed by atoms with E-state index in [-0.39, 0.29) is 10.7 Å². The second kappa shape index (κ2) is 8.03. The lowest BCUT2D eigenvalue weighted by atomic mass is 10.0. The Labute approximate surface area is 195 Å². The van der Waals surface area contributed by atoms with Gasteiger partial charge in [0, 0.05) is 29.9 Å². The molecule has 0 saturated heterocycles. The molecule has 0 fully saturated rings.